The minimum absolute atomic E-state index is 0.0431. The molecule has 0 atom stereocenters. The molecule has 4 rings (SSSR count). The number of anilines is 1. The Morgan fingerprint density at radius 1 is 0.878 bits per heavy atom. The van der Waals surface area contributed by atoms with E-state index in [9.17, 15) is 24.0 Å². The number of carbonyl (C=O) groups is 4. The van der Waals surface area contributed by atoms with Crippen molar-refractivity contribution < 1.29 is 33.4 Å². The van der Waals surface area contributed by atoms with Gasteiger partial charge in [-0.05, 0) is 44.4 Å². The number of thiophene rings is 2. The van der Waals surface area contributed by atoms with E-state index in [0.29, 0.717) is 16.0 Å². The smallest absolute Gasteiger partial charge is 0.349 e. The van der Waals surface area contributed by atoms with E-state index in [4.69, 9.17) is 14.2 Å². The Bertz CT molecular complexity index is 1690. The van der Waals surface area contributed by atoms with E-state index < -0.39 is 35.9 Å². The number of hydrogen-bond donors (Lipinski definition) is 1. The summed E-state index contributed by atoms with van der Waals surface area (Å²) in [5, 5.41) is 2.93. The number of nitrogens with one attached hydrogen (secondary N) is 1. The number of ether oxygens (including phenoxy) is 3. The van der Waals surface area contributed by atoms with Crippen LogP contribution in [0.25, 0.3) is 10.2 Å². The number of benzene rings is 1. The first kappa shape index (κ1) is 29.6. The maximum atomic E-state index is 13.3. The molecule has 1 aromatic carbocycles. The zero-order valence-corrected chi connectivity index (χ0v) is 24.4. The maximum absolute atomic E-state index is 13.3. The molecule has 13 heteroatoms. The lowest BCUT2D eigenvalue weighted by atomic mass is 10.1. The summed E-state index contributed by atoms with van der Waals surface area (Å²) >= 11 is 1.93. The van der Waals surface area contributed by atoms with Gasteiger partial charge in [-0.25, -0.2) is 19.4 Å². The van der Waals surface area contributed by atoms with E-state index in [0.717, 1.165) is 32.8 Å². The number of hydrogen-bond acceptors (Lipinski definition) is 11. The van der Waals surface area contributed by atoms with Crippen LogP contribution in [0.15, 0.2) is 41.5 Å². The number of nitrogens with zero attached hydrogens (tertiary/aromatic N) is 2. The van der Waals surface area contributed by atoms with Gasteiger partial charge >= 0.3 is 17.9 Å². The van der Waals surface area contributed by atoms with Gasteiger partial charge < -0.3 is 19.5 Å². The average molecular weight is 598 g/mol. The van der Waals surface area contributed by atoms with Crippen LogP contribution >= 0.6 is 22.7 Å². The van der Waals surface area contributed by atoms with Crippen LogP contribution in [0.4, 0.5) is 5.00 Å². The Kier molecular flexibility index (Phi) is 9.30. The van der Waals surface area contributed by atoms with Crippen LogP contribution in [0, 0.1) is 13.8 Å². The molecule has 3 heterocycles. The highest BCUT2D eigenvalue weighted by Gasteiger charge is 2.28. The summed E-state index contributed by atoms with van der Waals surface area (Å²) in [6, 6.07) is 9.21. The van der Waals surface area contributed by atoms with Gasteiger partial charge in [0.25, 0.3) is 5.56 Å². The molecule has 1 amide bonds. The number of esters is 3. The molecule has 41 heavy (non-hydrogen) atoms. The number of fused-ring (bicyclic) bond motifs is 1. The SMILES string of the molecule is CCOC(=O)c1sc(NC(=O)Cn2cnc3sc(C(=O)OCc4ccccc4)c(C)c3c2=O)c(C(=O)OCC)c1C. The molecule has 3 aromatic heterocycles. The van der Waals surface area contributed by atoms with Gasteiger partial charge in [-0.15, -0.1) is 22.7 Å². The van der Waals surface area contributed by atoms with E-state index in [-0.39, 0.29) is 45.5 Å². The summed E-state index contributed by atoms with van der Waals surface area (Å²) < 4.78 is 16.7. The van der Waals surface area contributed by atoms with Gasteiger partial charge in [-0.1, -0.05) is 30.3 Å². The van der Waals surface area contributed by atoms with Gasteiger partial charge in [0.05, 0.1) is 30.5 Å². The monoisotopic (exact) mass is 597 g/mol. The molecule has 0 radical (unpaired) electrons. The first-order chi connectivity index (χ1) is 19.7. The van der Waals surface area contributed by atoms with Crippen LogP contribution < -0.4 is 10.9 Å². The molecule has 11 nitrogen and oxygen atoms in total. The zero-order valence-electron chi connectivity index (χ0n) is 22.8. The first-order valence-corrected chi connectivity index (χ1v) is 14.3. The van der Waals surface area contributed by atoms with Gasteiger partial charge in [0.15, 0.2) is 0 Å². The molecular weight excluding hydrogens is 570 g/mol. The summed E-state index contributed by atoms with van der Waals surface area (Å²) in [5.74, 6) is -2.54. The van der Waals surface area contributed by atoms with E-state index in [1.54, 1.807) is 27.7 Å². The molecule has 0 unspecified atom stereocenters. The molecule has 4 aromatic rings. The normalized spacial score (nSPS) is 10.8. The van der Waals surface area contributed by atoms with Crippen LogP contribution in [0.2, 0.25) is 0 Å². The number of amides is 1. The average Bonchev–Trinajstić information content (AvgIpc) is 3.46. The number of aryl methyl sites for hydroxylation is 1. The molecule has 0 aliphatic heterocycles. The summed E-state index contributed by atoms with van der Waals surface area (Å²) in [7, 11) is 0. The summed E-state index contributed by atoms with van der Waals surface area (Å²) in [6.45, 7) is 6.37. The van der Waals surface area contributed by atoms with Gasteiger partial charge in [0.2, 0.25) is 5.91 Å². The van der Waals surface area contributed by atoms with Crippen molar-refractivity contribution in [3.63, 3.8) is 0 Å². The number of aromatic nitrogens is 2. The van der Waals surface area contributed by atoms with Crippen molar-refractivity contribution in [2.24, 2.45) is 0 Å². The molecule has 214 valence electrons. The fraction of sp³-hybridized carbons (Fsp3) is 0.286. The fourth-order valence-corrected chi connectivity index (χ4v) is 6.16. The van der Waals surface area contributed by atoms with Crippen LogP contribution in [-0.2, 0) is 32.2 Å². The van der Waals surface area contributed by atoms with Crippen molar-refractivity contribution >= 4 is 61.7 Å². The third kappa shape index (κ3) is 6.36. The van der Waals surface area contributed by atoms with Gasteiger partial charge in [-0.3, -0.25) is 14.2 Å². The third-order valence-corrected chi connectivity index (χ3v) is 8.34. The number of carbonyl (C=O) groups excluding carboxylic acids is 4. The lowest BCUT2D eigenvalue weighted by molar-refractivity contribution is -0.116. The predicted octanol–water partition coefficient (Wildman–Crippen LogP) is 4.49. The van der Waals surface area contributed by atoms with E-state index in [1.807, 2.05) is 30.3 Å². The minimum Gasteiger partial charge on any atom is -0.462 e. The molecule has 0 aliphatic carbocycles. The Balaban J connectivity index is 1.56. The third-order valence-electron chi connectivity index (χ3n) is 5.97. The Morgan fingerprint density at radius 2 is 1.51 bits per heavy atom. The number of rotatable bonds is 10. The van der Waals surface area contributed by atoms with E-state index in [1.165, 1.54) is 6.33 Å². The van der Waals surface area contributed by atoms with Crippen LogP contribution in [0.5, 0.6) is 0 Å². The summed E-state index contributed by atoms with van der Waals surface area (Å²) in [5.41, 5.74) is 1.09. The molecule has 0 saturated heterocycles. The topological polar surface area (TPSA) is 143 Å². The van der Waals surface area contributed by atoms with Crippen LogP contribution in [-0.4, -0.2) is 46.6 Å². The quantitative estimate of drug-likeness (QED) is 0.207. The van der Waals surface area contributed by atoms with Gasteiger partial charge in [0.1, 0.15) is 32.7 Å². The molecule has 1 N–H and O–H groups in total. The molecule has 0 fully saturated rings. The Morgan fingerprint density at radius 3 is 2.20 bits per heavy atom. The van der Waals surface area contributed by atoms with Crippen molar-refractivity contribution in [3.8, 4) is 0 Å². The van der Waals surface area contributed by atoms with Gasteiger partial charge in [0, 0.05) is 0 Å². The molecule has 0 spiro atoms. The summed E-state index contributed by atoms with van der Waals surface area (Å²) in [6.07, 6.45) is 1.22. The van der Waals surface area contributed by atoms with Crippen molar-refractivity contribution in [1.29, 1.82) is 0 Å². The van der Waals surface area contributed by atoms with Crippen molar-refractivity contribution in [2.45, 2.75) is 40.8 Å². The largest absolute Gasteiger partial charge is 0.462 e. The second-order valence-electron chi connectivity index (χ2n) is 8.73. The zero-order chi connectivity index (χ0) is 29.7. The van der Waals surface area contributed by atoms with Crippen LogP contribution in [0.3, 0.4) is 0 Å². The first-order valence-electron chi connectivity index (χ1n) is 12.6. The maximum Gasteiger partial charge on any atom is 0.349 e. The lowest BCUT2D eigenvalue weighted by Crippen LogP contribution is -2.28. The minimum atomic E-state index is -0.701. The highest BCUT2D eigenvalue weighted by Crippen LogP contribution is 2.34. The van der Waals surface area contributed by atoms with E-state index >= 15 is 0 Å². The predicted molar refractivity (Wildman–Crippen MR) is 154 cm³/mol. The highest BCUT2D eigenvalue weighted by atomic mass is 32.1. The van der Waals surface area contributed by atoms with E-state index in [2.05, 4.69) is 10.3 Å². The van der Waals surface area contributed by atoms with Crippen molar-refractivity contribution in [1.82, 2.24) is 9.55 Å². The Labute approximate surface area is 242 Å². The van der Waals surface area contributed by atoms with Crippen molar-refractivity contribution in [3.05, 3.63) is 79.0 Å². The summed E-state index contributed by atoms with van der Waals surface area (Å²) in [4.78, 5) is 69.1. The molecular formula is C28H27N3O8S2. The van der Waals surface area contributed by atoms with Crippen molar-refractivity contribution in [2.75, 3.05) is 18.5 Å². The van der Waals surface area contributed by atoms with Gasteiger partial charge in [-0.2, -0.15) is 0 Å². The highest BCUT2D eigenvalue weighted by molar-refractivity contribution is 7.20. The van der Waals surface area contributed by atoms with Crippen LogP contribution in [0.1, 0.15) is 60.2 Å². The standard InChI is InChI=1S/C28H27N3O8S2/c1-5-37-26(34)20-16(4)22(27(35)38-6-2)41-24(20)30-18(32)12-31-14-29-23-19(25(31)33)15(3)21(40-23)28(36)39-13-17-10-8-7-9-11-17/h7-11,14H,5-6,12-13H2,1-4H3,(H,30,32). The Hall–Kier alpha value is -4.36. The molecule has 0 bridgehead atoms. The fourth-order valence-electron chi connectivity index (χ4n) is 4.02. The second kappa shape index (κ2) is 12.9. The second-order valence-corrected chi connectivity index (χ2v) is 10.7. The molecule has 0 saturated carbocycles. The molecule has 0 aliphatic rings. The lowest BCUT2D eigenvalue weighted by Gasteiger charge is -2.08.